The molecule has 4 amide bonds. The molecule has 2 atom stereocenters. The molecule has 202 valence electrons. The molecule has 1 aromatic heterocycles. The third-order valence-electron chi connectivity index (χ3n) is 7.35. The van der Waals surface area contributed by atoms with Crippen molar-refractivity contribution in [2.45, 2.75) is 29.3 Å². The largest absolute Gasteiger partial charge is 0.501 e. The molecule has 1 spiro atoms. The molecule has 10 nitrogen and oxygen atoms in total. The van der Waals surface area contributed by atoms with Gasteiger partial charge in [-0.05, 0) is 55.8 Å². The van der Waals surface area contributed by atoms with Gasteiger partial charge in [-0.3, -0.25) is 19.5 Å². The Kier molecular flexibility index (Phi) is 6.02. The van der Waals surface area contributed by atoms with Crippen LogP contribution in [0.5, 0.6) is 0 Å². The third kappa shape index (κ3) is 3.93. The maximum atomic E-state index is 13.6. The average Bonchev–Trinajstić information content (AvgIpc) is 3.49. The summed E-state index contributed by atoms with van der Waals surface area (Å²) in [5.74, 6) is -1.10. The van der Waals surface area contributed by atoms with E-state index in [9.17, 15) is 36.0 Å². The van der Waals surface area contributed by atoms with E-state index in [1.807, 2.05) is 7.05 Å². The summed E-state index contributed by atoms with van der Waals surface area (Å²) >= 11 is 0. The van der Waals surface area contributed by atoms with Crippen molar-refractivity contribution >= 4 is 39.1 Å². The normalized spacial score (nSPS) is 24.4. The highest BCUT2D eigenvalue weighted by Gasteiger charge is 2.70. The smallest absolute Gasteiger partial charge is 0.335 e. The van der Waals surface area contributed by atoms with Gasteiger partial charge < -0.3 is 9.80 Å². The van der Waals surface area contributed by atoms with Gasteiger partial charge in [-0.1, -0.05) is 6.92 Å². The van der Waals surface area contributed by atoms with E-state index in [0.717, 1.165) is 17.0 Å². The van der Waals surface area contributed by atoms with Crippen LogP contribution in [0.1, 0.15) is 23.8 Å². The highest BCUT2D eigenvalue weighted by atomic mass is 32.2. The number of nitrogens with zero attached hydrogens (tertiary/aromatic N) is 5. The minimum atomic E-state index is -5.59. The number of benzene rings is 1. The fourth-order valence-electron chi connectivity index (χ4n) is 4.99. The number of likely N-dealkylation sites (N-methyl/N-ethyl adjacent to an activating group) is 1. The molecule has 0 N–H and O–H groups in total. The summed E-state index contributed by atoms with van der Waals surface area (Å²) in [5, 5.41) is 0. The molecule has 5 rings (SSSR count). The lowest BCUT2D eigenvalue weighted by molar-refractivity contribution is -0.119. The van der Waals surface area contributed by atoms with E-state index in [2.05, 4.69) is 9.88 Å². The fraction of sp³-hybridized carbons (Fsp3) is 0.417. The second-order valence-corrected chi connectivity index (χ2v) is 11.7. The Morgan fingerprint density at radius 3 is 2.18 bits per heavy atom. The number of imide groups is 1. The lowest BCUT2D eigenvalue weighted by Gasteiger charge is -2.32. The molecule has 1 aliphatic carbocycles. The first-order chi connectivity index (χ1) is 17.8. The van der Waals surface area contributed by atoms with Crippen molar-refractivity contribution < 1.29 is 36.0 Å². The number of piperazine rings is 1. The Hall–Kier alpha value is -3.52. The van der Waals surface area contributed by atoms with Crippen LogP contribution in [0.25, 0.3) is 0 Å². The average molecular weight is 552 g/mol. The van der Waals surface area contributed by atoms with Gasteiger partial charge in [-0.2, -0.15) is 13.2 Å². The molecule has 38 heavy (non-hydrogen) atoms. The number of hydrogen-bond acceptors (Lipinski definition) is 7. The maximum absolute atomic E-state index is 13.6. The third-order valence-corrected chi connectivity index (χ3v) is 8.85. The number of carbonyl (C=O) groups is 3. The van der Waals surface area contributed by atoms with E-state index >= 15 is 0 Å². The predicted molar refractivity (Wildman–Crippen MR) is 129 cm³/mol. The van der Waals surface area contributed by atoms with Crippen LogP contribution in [-0.4, -0.2) is 85.3 Å². The van der Waals surface area contributed by atoms with Gasteiger partial charge in [0.25, 0.3) is 21.7 Å². The first-order valence-electron chi connectivity index (χ1n) is 11.8. The van der Waals surface area contributed by atoms with Crippen LogP contribution in [0.2, 0.25) is 0 Å². The topological polar surface area (TPSA) is 111 Å². The number of alkyl halides is 3. The minimum Gasteiger partial charge on any atom is -0.335 e. The van der Waals surface area contributed by atoms with Gasteiger partial charge in [-0.25, -0.2) is 18.1 Å². The number of amides is 4. The number of aromatic nitrogens is 1. The molecular formula is C24H24F3N5O5S. The Morgan fingerprint density at radius 2 is 1.63 bits per heavy atom. The molecule has 2 unspecified atom stereocenters. The number of hydrogen-bond donors (Lipinski definition) is 0. The van der Waals surface area contributed by atoms with Gasteiger partial charge in [0.2, 0.25) is 0 Å². The summed E-state index contributed by atoms with van der Waals surface area (Å²) < 4.78 is 62.2. The van der Waals surface area contributed by atoms with Gasteiger partial charge >= 0.3 is 11.5 Å². The molecule has 3 fully saturated rings. The zero-order valence-electron chi connectivity index (χ0n) is 20.5. The Balaban J connectivity index is 1.46. The standard InChI is InChI=1S/C24H24F3N5O5S/c1-15-14-23(15)21(34)31(16-3-5-18(6-4-16)38(36,37)24(25,26)27)22(35)32(23)17-7-8-28-19(13-17)20(33)30-11-9-29(2)10-12-30/h3-8,13,15H,9-12,14H2,1-2H3. The molecular weight excluding hydrogens is 527 g/mol. The lowest BCUT2D eigenvalue weighted by atomic mass is 10.1. The van der Waals surface area contributed by atoms with Crippen molar-refractivity contribution in [1.82, 2.24) is 14.8 Å². The number of halogens is 3. The van der Waals surface area contributed by atoms with Crippen LogP contribution >= 0.6 is 0 Å². The van der Waals surface area contributed by atoms with Crippen molar-refractivity contribution in [2.24, 2.45) is 5.92 Å². The van der Waals surface area contributed by atoms with Gasteiger partial charge in [0.05, 0.1) is 16.3 Å². The summed E-state index contributed by atoms with van der Waals surface area (Å²) in [5.41, 5.74) is -6.36. The maximum Gasteiger partial charge on any atom is 0.501 e. The number of urea groups is 1. The van der Waals surface area contributed by atoms with Gasteiger partial charge in [0.15, 0.2) is 0 Å². The van der Waals surface area contributed by atoms with Gasteiger partial charge in [0.1, 0.15) is 11.2 Å². The van der Waals surface area contributed by atoms with Gasteiger partial charge in [-0.15, -0.1) is 0 Å². The van der Waals surface area contributed by atoms with Crippen LogP contribution < -0.4 is 9.80 Å². The zero-order chi connectivity index (χ0) is 27.6. The molecule has 1 saturated carbocycles. The van der Waals surface area contributed by atoms with Gasteiger partial charge in [0, 0.05) is 32.4 Å². The number of carbonyl (C=O) groups excluding carboxylic acids is 3. The zero-order valence-corrected chi connectivity index (χ0v) is 21.3. The summed E-state index contributed by atoms with van der Waals surface area (Å²) in [6.45, 7) is 4.26. The van der Waals surface area contributed by atoms with E-state index in [1.54, 1.807) is 11.8 Å². The highest BCUT2D eigenvalue weighted by Crippen LogP contribution is 2.55. The Morgan fingerprint density at radius 1 is 1.03 bits per heavy atom. The SMILES string of the molecule is CC1CC12C(=O)N(c1ccc(S(=O)(=O)C(F)(F)F)cc1)C(=O)N2c1ccnc(C(=O)N2CCN(C)CC2)c1. The predicted octanol–water partition coefficient (Wildman–Crippen LogP) is 2.51. The number of sulfone groups is 1. The monoisotopic (exact) mass is 551 g/mol. The molecule has 0 radical (unpaired) electrons. The second-order valence-electron chi connectivity index (χ2n) is 9.73. The quantitative estimate of drug-likeness (QED) is 0.537. The molecule has 3 aliphatic rings. The molecule has 2 aromatic rings. The Labute approximate surface area is 216 Å². The lowest BCUT2D eigenvalue weighted by Crippen LogP contribution is -2.47. The summed E-state index contributed by atoms with van der Waals surface area (Å²) in [6.07, 6.45) is 1.73. The first-order valence-corrected chi connectivity index (χ1v) is 13.3. The molecule has 3 heterocycles. The molecule has 14 heteroatoms. The van der Waals surface area contributed by atoms with E-state index in [1.165, 1.54) is 23.2 Å². The highest BCUT2D eigenvalue weighted by molar-refractivity contribution is 7.92. The van der Waals surface area contributed by atoms with Crippen LogP contribution in [-0.2, 0) is 14.6 Å². The van der Waals surface area contributed by atoms with Crippen molar-refractivity contribution in [2.75, 3.05) is 43.0 Å². The van der Waals surface area contributed by atoms with Crippen LogP contribution in [0.15, 0.2) is 47.5 Å². The van der Waals surface area contributed by atoms with E-state index in [-0.39, 0.29) is 23.2 Å². The molecule has 2 saturated heterocycles. The number of anilines is 2. The van der Waals surface area contributed by atoms with Crippen molar-refractivity contribution in [1.29, 1.82) is 0 Å². The first kappa shape index (κ1) is 26.1. The summed E-state index contributed by atoms with van der Waals surface area (Å²) in [4.78, 5) is 49.2. The van der Waals surface area contributed by atoms with E-state index in [4.69, 9.17) is 0 Å². The molecule has 1 aromatic carbocycles. The number of rotatable bonds is 4. The summed E-state index contributed by atoms with van der Waals surface area (Å²) in [6, 6.07) is 5.63. The molecule has 0 bridgehead atoms. The van der Waals surface area contributed by atoms with E-state index in [0.29, 0.717) is 50.4 Å². The Bertz CT molecular complexity index is 1420. The fourth-order valence-corrected chi connectivity index (χ4v) is 5.75. The van der Waals surface area contributed by atoms with Crippen molar-refractivity contribution in [3.8, 4) is 0 Å². The number of pyridine rings is 1. The van der Waals surface area contributed by atoms with Crippen molar-refractivity contribution in [3.05, 3.63) is 48.3 Å². The van der Waals surface area contributed by atoms with Crippen LogP contribution in [0.4, 0.5) is 29.3 Å². The van der Waals surface area contributed by atoms with Crippen molar-refractivity contribution in [3.63, 3.8) is 0 Å². The van der Waals surface area contributed by atoms with Crippen LogP contribution in [0, 0.1) is 5.92 Å². The van der Waals surface area contributed by atoms with E-state index < -0.39 is 37.7 Å². The summed E-state index contributed by atoms with van der Waals surface area (Å²) in [7, 11) is -3.63. The van der Waals surface area contributed by atoms with Crippen LogP contribution in [0.3, 0.4) is 0 Å². The minimum absolute atomic E-state index is 0.0649. The molecule has 2 aliphatic heterocycles. The second kappa shape index (κ2) is 8.76.